The van der Waals surface area contributed by atoms with Crippen molar-refractivity contribution in [1.82, 2.24) is 14.8 Å². The molecule has 114 valence electrons. The van der Waals surface area contributed by atoms with Crippen LogP contribution < -0.4 is 0 Å². The maximum Gasteiger partial charge on any atom is 0.320 e. The van der Waals surface area contributed by atoms with E-state index in [9.17, 15) is 4.79 Å². The first-order valence-corrected chi connectivity index (χ1v) is 7.55. The molecule has 1 aromatic heterocycles. The standard InChI is InChI=1S/C18H21N3O/c1-13-6-7-16-14(11-13)8-10-21(18(22)20(2)3)17(16)15-5-4-9-19-12-15/h4-7,9,11-12,17H,8,10H2,1-3H3. The third kappa shape index (κ3) is 2.56. The molecule has 4 heteroatoms. The summed E-state index contributed by atoms with van der Waals surface area (Å²) >= 11 is 0. The van der Waals surface area contributed by atoms with Crippen molar-refractivity contribution in [3.05, 3.63) is 65.0 Å². The Bertz CT molecular complexity index is 682. The van der Waals surface area contributed by atoms with Gasteiger partial charge >= 0.3 is 6.03 Å². The van der Waals surface area contributed by atoms with Gasteiger partial charge in [0.2, 0.25) is 0 Å². The van der Waals surface area contributed by atoms with E-state index >= 15 is 0 Å². The van der Waals surface area contributed by atoms with Crippen molar-refractivity contribution in [3.8, 4) is 0 Å². The molecule has 0 fully saturated rings. The Balaban J connectivity index is 2.11. The molecule has 0 saturated heterocycles. The molecule has 1 atom stereocenters. The Kier molecular flexibility index (Phi) is 3.84. The summed E-state index contributed by atoms with van der Waals surface area (Å²) in [5.74, 6) is 0. The fourth-order valence-corrected chi connectivity index (χ4v) is 3.12. The van der Waals surface area contributed by atoms with Crippen LogP contribution >= 0.6 is 0 Å². The number of pyridine rings is 1. The van der Waals surface area contributed by atoms with Crippen LogP contribution in [0.25, 0.3) is 0 Å². The van der Waals surface area contributed by atoms with Crippen LogP contribution in [0.3, 0.4) is 0 Å². The average molecular weight is 295 g/mol. The van der Waals surface area contributed by atoms with E-state index in [2.05, 4.69) is 30.1 Å². The zero-order chi connectivity index (χ0) is 15.7. The fraction of sp³-hybridized carbons (Fsp3) is 0.333. The predicted molar refractivity (Wildman–Crippen MR) is 86.8 cm³/mol. The lowest BCUT2D eigenvalue weighted by molar-refractivity contribution is 0.154. The molecule has 1 aliphatic heterocycles. The summed E-state index contributed by atoms with van der Waals surface area (Å²) in [7, 11) is 3.60. The van der Waals surface area contributed by atoms with Gasteiger partial charge in [-0.3, -0.25) is 4.98 Å². The molecule has 0 N–H and O–H groups in total. The van der Waals surface area contributed by atoms with Gasteiger partial charge in [-0.2, -0.15) is 0 Å². The summed E-state index contributed by atoms with van der Waals surface area (Å²) < 4.78 is 0. The van der Waals surface area contributed by atoms with Crippen LogP contribution in [-0.4, -0.2) is 41.5 Å². The molecule has 1 aliphatic rings. The number of carbonyl (C=O) groups excluding carboxylic acids is 1. The maximum absolute atomic E-state index is 12.6. The third-order valence-corrected chi connectivity index (χ3v) is 4.16. The second-order valence-electron chi connectivity index (χ2n) is 6.01. The largest absolute Gasteiger partial charge is 0.331 e. The highest BCUT2D eigenvalue weighted by molar-refractivity contribution is 5.75. The van der Waals surface area contributed by atoms with E-state index in [1.165, 1.54) is 16.7 Å². The maximum atomic E-state index is 12.6. The zero-order valence-corrected chi connectivity index (χ0v) is 13.3. The SMILES string of the molecule is Cc1ccc2c(c1)CCN(C(=O)N(C)C)C2c1cccnc1. The quantitative estimate of drug-likeness (QED) is 0.811. The second-order valence-corrected chi connectivity index (χ2v) is 6.01. The van der Waals surface area contributed by atoms with Gasteiger partial charge in [0.15, 0.2) is 0 Å². The van der Waals surface area contributed by atoms with Crippen LogP contribution in [0.15, 0.2) is 42.7 Å². The number of benzene rings is 1. The van der Waals surface area contributed by atoms with Gasteiger partial charge in [-0.05, 0) is 36.1 Å². The number of amides is 2. The first-order valence-electron chi connectivity index (χ1n) is 7.55. The van der Waals surface area contributed by atoms with Crippen molar-refractivity contribution in [1.29, 1.82) is 0 Å². The van der Waals surface area contributed by atoms with Crippen molar-refractivity contribution < 1.29 is 4.79 Å². The van der Waals surface area contributed by atoms with Crippen LogP contribution in [-0.2, 0) is 6.42 Å². The molecule has 0 aliphatic carbocycles. The Hall–Kier alpha value is -2.36. The van der Waals surface area contributed by atoms with Crippen LogP contribution in [0.1, 0.15) is 28.3 Å². The summed E-state index contributed by atoms with van der Waals surface area (Å²) in [5.41, 5.74) is 4.86. The molecule has 22 heavy (non-hydrogen) atoms. The number of aryl methyl sites for hydroxylation is 1. The van der Waals surface area contributed by atoms with Gasteiger partial charge in [0.05, 0.1) is 6.04 Å². The van der Waals surface area contributed by atoms with Gasteiger partial charge in [-0.25, -0.2) is 4.79 Å². The Morgan fingerprint density at radius 1 is 1.32 bits per heavy atom. The minimum atomic E-state index is -0.0621. The van der Waals surface area contributed by atoms with Crippen molar-refractivity contribution in [2.45, 2.75) is 19.4 Å². The average Bonchev–Trinajstić information content (AvgIpc) is 2.53. The molecular formula is C18H21N3O. The highest BCUT2D eigenvalue weighted by Gasteiger charge is 2.32. The van der Waals surface area contributed by atoms with Gasteiger partial charge in [0, 0.05) is 33.0 Å². The van der Waals surface area contributed by atoms with Crippen molar-refractivity contribution in [3.63, 3.8) is 0 Å². The van der Waals surface area contributed by atoms with Crippen LogP contribution in [0.4, 0.5) is 4.79 Å². The monoisotopic (exact) mass is 295 g/mol. The number of aromatic nitrogens is 1. The van der Waals surface area contributed by atoms with Crippen molar-refractivity contribution in [2.75, 3.05) is 20.6 Å². The lowest BCUT2D eigenvalue weighted by Crippen LogP contribution is -2.45. The molecule has 0 saturated carbocycles. The topological polar surface area (TPSA) is 36.4 Å². The Morgan fingerprint density at radius 3 is 2.82 bits per heavy atom. The van der Waals surface area contributed by atoms with Gasteiger partial charge < -0.3 is 9.80 Å². The van der Waals surface area contributed by atoms with Crippen molar-refractivity contribution >= 4 is 6.03 Å². The molecule has 2 heterocycles. The lowest BCUT2D eigenvalue weighted by Gasteiger charge is -2.39. The van der Waals surface area contributed by atoms with E-state index in [4.69, 9.17) is 0 Å². The normalized spacial score (nSPS) is 17.0. The number of rotatable bonds is 1. The number of carbonyl (C=O) groups is 1. The van der Waals surface area contributed by atoms with E-state index < -0.39 is 0 Å². The number of hydrogen-bond acceptors (Lipinski definition) is 2. The first kappa shape index (κ1) is 14.6. The molecule has 3 rings (SSSR count). The summed E-state index contributed by atoms with van der Waals surface area (Å²) in [6.07, 6.45) is 4.52. The fourth-order valence-electron chi connectivity index (χ4n) is 3.12. The minimum Gasteiger partial charge on any atom is -0.331 e. The van der Waals surface area contributed by atoms with Crippen LogP contribution in [0.2, 0.25) is 0 Å². The number of urea groups is 1. The highest BCUT2D eigenvalue weighted by Crippen LogP contribution is 2.35. The Labute approximate surface area is 131 Å². The molecule has 1 aromatic carbocycles. The van der Waals surface area contributed by atoms with E-state index in [-0.39, 0.29) is 12.1 Å². The molecule has 1 unspecified atom stereocenters. The summed E-state index contributed by atoms with van der Waals surface area (Å²) in [5, 5.41) is 0. The molecule has 2 aromatic rings. The van der Waals surface area contributed by atoms with E-state index in [1.54, 1.807) is 25.2 Å². The molecule has 0 spiro atoms. The summed E-state index contributed by atoms with van der Waals surface area (Å²) in [4.78, 5) is 20.4. The molecular weight excluding hydrogens is 274 g/mol. The second kappa shape index (κ2) is 5.79. The molecule has 2 amide bonds. The number of hydrogen-bond donors (Lipinski definition) is 0. The Morgan fingerprint density at radius 2 is 2.14 bits per heavy atom. The number of fused-ring (bicyclic) bond motifs is 1. The third-order valence-electron chi connectivity index (χ3n) is 4.16. The van der Waals surface area contributed by atoms with Gasteiger partial charge in [0.1, 0.15) is 0 Å². The number of nitrogens with zero attached hydrogens (tertiary/aromatic N) is 3. The summed E-state index contributed by atoms with van der Waals surface area (Å²) in [6, 6.07) is 10.5. The van der Waals surface area contributed by atoms with E-state index in [0.717, 1.165) is 18.5 Å². The molecule has 0 bridgehead atoms. The zero-order valence-electron chi connectivity index (χ0n) is 13.3. The molecule has 0 radical (unpaired) electrons. The van der Waals surface area contributed by atoms with Gasteiger partial charge in [-0.15, -0.1) is 0 Å². The van der Waals surface area contributed by atoms with E-state index in [1.807, 2.05) is 23.2 Å². The lowest BCUT2D eigenvalue weighted by atomic mass is 9.88. The van der Waals surface area contributed by atoms with Gasteiger partial charge in [0.25, 0.3) is 0 Å². The van der Waals surface area contributed by atoms with Crippen LogP contribution in [0, 0.1) is 6.92 Å². The summed E-state index contributed by atoms with van der Waals surface area (Å²) in [6.45, 7) is 2.84. The van der Waals surface area contributed by atoms with Crippen LogP contribution in [0.5, 0.6) is 0 Å². The van der Waals surface area contributed by atoms with E-state index in [0.29, 0.717) is 0 Å². The highest BCUT2D eigenvalue weighted by atomic mass is 16.2. The van der Waals surface area contributed by atoms with Crippen molar-refractivity contribution in [2.24, 2.45) is 0 Å². The predicted octanol–water partition coefficient (Wildman–Crippen LogP) is 3.02. The smallest absolute Gasteiger partial charge is 0.320 e. The minimum absolute atomic E-state index is 0.0417. The molecule has 4 nitrogen and oxygen atoms in total. The van der Waals surface area contributed by atoms with Gasteiger partial charge in [-0.1, -0.05) is 29.8 Å². The first-order chi connectivity index (χ1) is 10.6.